The van der Waals surface area contributed by atoms with Crippen LogP contribution < -0.4 is 5.32 Å². The number of aryl methyl sites for hydroxylation is 1. The van der Waals surface area contributed by atoms with Crippen LogP contribution in [0.25, 0.3) is 11.2 Å². The molecule has 0 bridgehead atoms. The van der Waals surface area contributed by atoms with E-state index >= 15 is 0 Å². The van der Waals surface area contributed by atoms with Crippen LogP contribution in [0.3, 0.4) is 0 Å². The number of benzene rings is 1. The Kier molecular flexibility index (Phi) is 6.00. The largest absolute Gasteiger partial charge is 0.367 e. The van der Waals surface area contributed by atoms with Gasteiger partial charge in [-0.2, -0.15) is 0 Å². The molecule has 0 amide bonds. The maximum Gasteiger partial charge on any atom is 0.184 e. The summed E-state index contributed by atoms with van der Waals surface area (Å²) < 4.78 is 1.76. The Morgan fingerprint density at radius 2 is 1.92 bits per heavy atom. The number of anilines is 1. The number of nitrogens with one attached hydrogen (secondary N) is 1. The number of aromatic nitrogens is 5. The number of rotatable bonds is 8. The molecule has 26 heavy (non-hydrogen) atoms. The molecule has 0 atom stereocenters. The molecule has 3 aromatic rings. The van der Waals surface area contributed by atoms with Gasteiger partial charge in [0.2, 0.25) is 0 Å². The summed E-state index contributed by atoms with van der Waals surface area (Å²) in [5.74, 6) is 1.41. The average Bonchev–Trinajstić information content (AvgIpc) is 3.03. The summed E-state index contributed by atoms with van der Waals surface area (Å²) in [6.07, 6.45) is 0. The molecule has 0 unspecified atom stereocenters. The van der Waals surface area contributed by atoms with E-state index in [1.807, 2.05) is 31.2 Å². The predicted molar refractivity (Wildman–Crippen MR) is 105 cm³/mol. The molecule has 2 heterocycles. The molecular weight excluding hydrogens is 350 g/mol. The summed E-state index contributed by atoms with van der Waals surface area (Å²) >= 11 is 6.27. The number of hydrogen-bond donors (Lipinski definition) is 1. The fourth-order valence-electron chi connectivity index (χ4n) is 2.85. The molecule has 8 heteroatoms. The van der Waals surface area contributed by atoms with Gasteiger partial charge in [-0.3, -0.25) is 0 Å². The van der Waals surface area contributed by atoms with Crippen molar-refractivity contribution < 1.29 is 0 Å². The SMILES string of the molecule is CCN(CC)CCNc1nc(C)nc2c1nnn2Cc1ccccc1Cl. The minimum absolute atomic E-state index is 0.519. The zero-order valence-corrected chi connectivity index (χ0v) is 16.2. The van der Waals surface area contributed by atoms with Crippen molar-refractivity contribution in [2.45, 2.75) is 27.3 Å². The van der Waals surface area contributed by atoms with Crippen LogP contribution in [0.2, 0.25) is 5.02 Å². The zero-order valence-electron chi connectivity index (χ0n) is 15.4. The van der Waals surface area contributed by atoms with E-state index in [4.69, 9.17) is 11.6 Å². The molecule has 1 N–H and O–H groups in total. The first-order valence-electron chi connectivity index (χ1n) is 8.89. The van der Waals surface area contributed by atoms with Gasteiger partial charge in [0.25, 0.3) is 0 Å². The highest BCUT2D eigenvalue weighted by atomic mass is 35.5. The zero-order chi connectivity index (χ0) is 18.5. The van der Waals surface area contributed by atoms with Gasteiger partial charge in [-0.15, -0.1) is 5.10 Å². The molecule has 0 radical (unpaired) electrons. The van der Waals surface area contributed by atoms with Gasteiger partial charge in [-0.05, 0) is 31.6 Å². The topological polar surface area (TPSA) is 71.8 Å². The van der Waals surface area contributed by atoms with Gasteiger partial charge in [0, 0.05) is 18.1 Å². The number of hydrogen-bond acceptors (Lipinski definition) is 6. The van der Waals surface area contributed by atoms with Crippen LogP contribution in [-0.2, 0) is 6.54 Å². The van der Waals surface area contributed by atoms with Crippen LogP contribution in [-0.4, -0.2) is 56.0 Å². The Hall–Kier alpha value is -2.25. The van der Waals surface area contributed by atoms with E-state index < -0.39 is 0 Å². The van der Waals surface area contributed by atoms with E-state index in [1.165, 1.54) is 0 Å². The standard InChI is InChI=1S/C18H24ClN7/c1-4-25(5-2)11-10-20-17-16-18(22-13(3)21-17)26(24-23-16)12-14-8-6-7-9-15(14)19/h6-9H,4-5,10-12H2,1-3H3,(H,20,21,22). The van der Waals surface area contributed by atoms with Crippen molar-refractivity contribution in [3.05, 3.63) is 40.7 Å². The molecule has 0 saturated heterocycles. The molecule has 0 fully saturated rings. The van der Waals surface area contributed by atoms with Gasteiger partial charge in [0.05, 0.1) is 6.54 Å². The maximum atomic E-state index is 6.27. The summed E-state index contributed by atoms with van der Waals surface area (Å²) in [6.45, 7) is 10.5. The van der Waals surface area contributed by atoms with E-state index in [0.29, 0.717) is 28.6 Å². The second kappa shape index (κ2) is 8.42. The molecule has 0 saturated carbocycles. The molecule has 0 spiro atoms. The lowest BCUT2D eigenvalue weighted by Gasteiger charge is -2.18. The van der Waals surface area contributed by atoms with Gasteiger partial charge in [-0.25, -0.2) is 14.6 Å². The first kappa shape index (κ1) is 18.5. The quantitative estimate of drug-likeness (QED) is 0.654. The first-order chi connectivity index (χ1) is 12.6. The van der Waals surface area contributed by atoms with E-state index in [2.05, 4.69) is 44.3 Å². The highest BCUT2D eigenvalue weighted by Crippen LogP contribution is 2.21. The molecule has 0 aliphatic rings. The van der Waals surface area contributed by atoms with E-state index in [9.17, 15) is 0 Å². The third-order valence-electron chi connectivity index (χ3n) is 4.37. The Bertz CT molecular complexity index is 873. The molecule has 0 aliphatic carbocycles. The Labute approximate surface area is 158 Å². The monoisotopic (exact) mass is 373 g/mol. The average molecular weight is 374 g/mol. The maximum absolute atomic E-state index is 6.27. The molecule has 0 aliphatic heterocycles. The number of nitrogens with zero attached hydrogens (tertiary/aromatic N) is 6. The molecule has 1 aromatic carbocycles. The van der Waals surface area contributed by atoms with Crippen molar-refractivity contribution in [3.63, 3.8) is 0 Å². The third-order valence-corrected chi connectivity index (χ3v) is 4.74. The minimum Gasteiger partial charge on any atom is -0.367 e. The smallest absolute Gasteiger partial charge is 0.184 e. The predicted octanol–water partition coefficient (Wildman–Crippen LogP) is 2.99. The summed E-state index contributed by atoms with van der Waals surface area (Å²) in [5.41, 5.74) is 2.37. The van der Waals surface area contributed by atoms with Crippen molar-refractivity contribution in [1.29, 1.82) is 0 Å². The van der Waals surface area contributed by atoms with E-state index in [0.717, 1.165) is 37.6 Å². The summed E-state index contributed by atoms with van der Waals surface area (Å²) in [7, 11) is 0. The summed E-state index contributed by atoms with van der Waals surface area (Å²) in [4.78, 5) is 11.4. The van der Waals surface area contributed by atoms with E-state index in [1.54, 1.807) is 4.68 Å². The molecule has 2 aromatic heterocycles. The summed E-state index contributed by atoms with van der Waals surface area (Å²) in [6, 6.07) is 7.72. The van der Waals surface area contributed by atoms with Crippen LogP contribution in [0.1, 0.15) is 25.2 Å². The fourth-order valence-corrected chi connectivity index (χ4v) is 3.05. The number of likely N-dealkylation sites (N-methyl/N-ethyl adjacent to an activating group) is 1. The highest BCUT2D eigenvalue weighted by Gasteiger charge is 2.14. The normalized spacial score (nSPS) is 11.4. The lowest BCUT2D eigenvalue weighted by molar-refractivity contribution is 0.316. The van der Waals surface area contributed by atoms with Gasteiger partial charge < -0.3 is 10.2 Å². The van der Waals surface area contributed by atoms with Gasteiger partial charge in [-0.1, -0.05) is 48.9 Å². The van der Waals surface area contributed by atoms with Gasteiger partial charge >= 0.3 is 0 Å². The van der Waals surface area contributed by atoms with Crippen molar-refractivity contribution in [1.82, 2.24) is 29.9 Å². The molecule has 3 rings (SSSR count). The van der Waals surface area contributed by atoms with Crippen molar-refractivity contribution >= 4 is 28.6 Å². The van der Waals surface area contributed by atoms with Crippen LogP contribution in [0.15, 0.2) is 24.3 Å². The number of halogens is 1. The minimum atomic E-state index is 0.519. The Balaban J connectivity index is 1.83. The van der Waals surface area contributed by atoms with Crippen molar-refractivity contribution in [2.24, 2.45) is 0 Å². The molecule has 7 nitrogen and oxygen atoms in total. The van der Waals surface area contributed by atoms with Crippen LogP contribution >= 0.6 is 11.6 Å². The molecule has 138 valence electrons. The lowest BCUT2D eigenvalue weighted by atomic mass is 10.2. The van der Waals surface area contributed by atoms with Crippen molar-refractivity contribution in [2.75, 3.05) is 31.5 Å². The molecular formula is C18H24ClN7. The van der Waals surface area contributed by atoms with Gasteiger partial charge in [0.1, 0.15) is 5.82 Å². The summed E-state index contributed by atoms with van der Waals surface area (Å²) in [5, 5.41) is 12.6. The highest BCUT2D eigenvalue weighted by molar-refractivity contribution is 6.31. The van der Waals surface area contributed by atoms with Gasteiger partial charge in [0.15, 0.2) is 17.0 Å². The lowest BCUT2D eigenvalue weighted by Crippen LogP contribution is -2.28. The fraction of sp³-hybridized carbons (Fsp3) is 0.444. The van der Waals surface area contributed by atoms with E-state index in [-0.39, 0.29) is 0 Å². The second-order valence-electron chi connectivity index (χ2n) is 6.08. The first-order valence-corrected chi connectivity index (χ1v) is 9.27. The second-order valence-corrected chi connectivity index (χ2v) is 6.49. The van der Waals surface area contributed by atoms with Crippen LogP contribution in [0.5, 0.6) is 0 Å². The van der Waals surface area contributed by atoms with Crippen LogP contribution in [0.4, 0.5) is 5.82 Å². The Morgan fingerprint density at radius 1 is 1.15 bits per heavy atom. The number of fused-ring (bicyclic) bond motifs is 1. The third kappa shape index (κ3) is 4.11. The Morgan fingerprint density at radius 3 is 2.65 bits per heavy atom. The van der Waals surface area contributed by atoms with Crippen LogP contribution in [0, 0.1) is 6.92 Å². The van der Waals surface area contributed by atoms with Crippen molar-refractivity contribution in [3.8, 4) is 0 Å².